The zero-order valence-corrected chi connectivity index (χ0v) is 23.7. The van der Waals surface area contributed by atoms with Gasteiger partial charge in [-0.2, -0.15) is 0 Å². The van der Waals surface area contributed by atoms with Crippen LogP contribution < -0.4 is 10.3 Å². The summed E-state index contributed by atoms with van der Waals surface area (Å²) < 4.78 is 13.4. The van der Waals surface area contributed by atoms with Gasteiger partial charge in [0.1, 0.15) is 11.8 Å². The van der Waals surface area contributed by atoms with E-state index >= 15 is 0 Å². The summed E-state index contributed by atoms with van der Waals surface area (Å²) in [5, 5.41) is 14.0. The fourth-order valence-corrected chi connectivity index (χ4v) is 5.56. The Balaban J connectivity index is 1.71. The largest absolute Gasteiger partial charge is 0.497 e. The molecular weight excluding hydrogens is 492 g/mol. The van der Waals surface area contributed by atoms with E-state index in [1.807, 2.05) is 35.9 Å². The van der Waals surface area contributed by atoms with Crippen molar-refractivity contribution in [1.82, 2.24) is 30.1 Å². The topological polar surface area (TPSA) is 98.2 Å². The number of aryl methyl sites for hydroxylation is 2. The van der Waals surface area contributed by atoms with E-state index in [2.05, 4.69) is 71.3 Å². The Kier molecular flexibility index (Phi) is 7.55. The van der Waals surface area contributed by atoms with E-state index in [1.165, 1.54) is 0 Å². The van der Waals surface area contributed by atoms with E-state index in [9.17, 15) is 4.79 Å². The Bertz CT molecular complexity index is 1510. The van der Waals surface area contributed by atoms with Crippen LogP contribution in [0.4, 0.5) is 0 Å². The molecule has 0 aliphatic carbocycles. The summed E-state index contributed by atoms with van der Waals surface area (Å²) in [6.07, 6.45) is 2.05. The lowest BCUT2D eigenvalue weighted by atomic mass is 9.98. The smallest absolute Gasteiger partial charge is 0.253 e. The number of ether oxygens (including phenoxy) is 2. The normalized spacial score (nSPS) is 16.7. The molecule has 39 heavy (non-hydrogen) atoms. The molecule has 1 N–H and O–H groups in total. The summed E-state index contributed by atoms with van der Waals surface area (Å²) in [5.41, 5.74) is 4.16. The van der Waals surface area contributed by atoms with E-state index in [0.29, 0.717) is 24.5 Å². The number of nitrogens with one attached hydrogen (secondary N) is 1. The monoisotopic (exact) mass is 530 g/mol. The van der Waals surface area contributed by atoms with Gasteiger partial charge in [0, 0.05) is 25.3 Å². The maximum atomic E-state index is 13.9. The van der Waals surface area contributed by atoms with Crippen LogP contribution in [-0.4, -0.2) is 56.5 Å². The highest BCUT2D eigenvalue weighted by molar-refractivity contribution is 5.83. The SMILES string of the molecule is COc1cccc(CN(C[C@H]2CCCO2)[C@H](c2cc3cc(C)cc(C)c3[nH]c2=O)c2nnnn2C(C)(C)C)c1. The zero-order valence-electron chi connectivity index (χ0n) is 23.7. The number of benzene rings is 2. The third-order valence-electron chi connectivity index (χ3n) is 7.34. The zero-order chi connectivity index (χ0) is 27.7. The summed E-state index contributed by atoms with van der Waals surface area (Å²) >= 11 is 0. The lowest BCUT2D eigenvalue weighted by Gasteiger charge is -2.34. The van der Waals surface area contributed by atoms with Crippen molar-refractivity contribution in [3.63, 3.8) is 0 Å². The molecular formula is C30H38N6O3. The molecule has 0 saturated carbocycles. The van der Waals surface area contributed by atoms with Crippen molar-refractivity contribution in [2.24, 2.45) is 0 Å². The number of hydrogen-bond donors (Lipinski definition) is 1. The highest BCUT2D eigenvalue weighted by Gasteiger charge is 2.35. The predicted molar refractivity (Wildman–Crippen MR) is 151 cm³/mol. The number of methoxy groups -OCH3 is 1. The number of tetrazole rings is 1. The molecule has 1 saturated heterocycles. The second-order valence-corrected chi connectivity index (χ2v) is 11.5. The molecule has 1 aliphatic rings. The molecule has 0 amide bonds. The highest BCUT2D eigenvalue weighted by Crippen LogP contribution is 2.33. The second kappa shape index (κ2) is 10.9. The molecule has 2 aromatic heterocycles. The van der Waals surface area contributed by atoms with Crippen LogP contribution in [0.15, 0.2) is 47.3 Å². The molecule has 0 unspecified atom stereocenters. The van der Waals surface area contributed by atoms with Crippen molar-refractivity contribution in [3.05, 3.63) is 80.9 Å². The maximum Gasteiger partial charge on any atom is 0.253 e. The Morgan fingerprint density at radius 2 is 2.03 bits per heavy atom. The fourth-order valence-electron chi connectivity index (χ4n) is 5.56. The van der Waals surface area contributed by atoms with Gasteiger partial charge in [0.2, 0.25) is 0 Å². The van der Waals surface area contributed by atoms with E-state index in [4.69, 9.17) is 9.47 Å². The van der Waals surface area contributed by atoms with Crippen LogP contribution >= 0.6 is 0 Å². The minimum atomic E-state index is -0.511. The third kappa shape index (κ3) is 5.74. The lowest BCUT2D eigenvalue weighted by Crippen LogP contribution is -2.40. The third-order valence-corrected chi connectivity index (χ3v) is 7.34. The number of aromatic amines is 1. The van der Waals surface area contributed by atoms with Gasteiger partial charge < -0.3 is 14.5 Å². The van der Waals surface area contributed by atoms with E-state index in [1.54, 1.807) is 7.11 Å². The number of nitrogens with zero attached hydrogens (tertiary/aromatic N) is 5. The van der Waals surface area contributed by atoms with Gasteiger partial charge in [-0.25, -0.2) is 4.68 Å². The summed E-state index contributed by atoms with van der Waals surface area (Å²) in [6, 6.07) is 13.7. The standard InChI is InChI=1S/C30H38N6O3/c1-19-13-20(2)26-22(14-19)16-25(29(37)31-26)27(28-32-33-34-36(28)30(3,4)5)35(18-24-11-8-12-39-24)17-21-9-7-10-23(15-21)38-6/h7,9-10,13-16,24,27H,8,11-12,17-18H2,1-6H3,(H,31,37)/t24-,27-/m1/s1. The predicted octanol–water partition coefficient (Wildman–Crippen LogP) is 4.67. The van der Waals surface area contributed by atoms with Crippen molar-refractivity contribution in [2.45, 2.75) is 71.7 Å². The van der Waals surface area contributed by atoms with Gasteiger partial charge in [-0.1, -0.05) is 23.8 Å². The maximum absolute atomic E-state index is 13.9. The van der Waals surface area contributed by atoms with Gasteiger partial charge in [0.05, 0.1) is 24.3 Å². The van der Waals surface area contributed by atoms with Crippen molar-refractivity contribution < 1.29 is 9.47 Å². The van der Waals surface area contributed by atoms with Gasteiger partial charge >= 0.3 is 0 Å². The Morgan fingerprint density at radius 1 is 1.21 bits per heavy atom. The van der Waals surface area contributed by atoms with Crippen molar-refractivity contribution in [1.29, 1.82) is 0 Å². The summed E-state index contributed by atoms with van der Waals surface area (Å²) in [5.74, 6) is 1.41. The molecule has 2 atom stereocenters. The average Bonchev–Trinajstić information content (AvgIpc) is 3.58. The number of pyridine rings is 1. The van der Waals surface area contributed by atoms with Crippen LogP contribution in [0.5, 0.6) is 5.75 Å². The van der Waals surface area contributed by atoms with Crippen molar-refractivity contribution >= 4 is 10.9 Å². The van der Waals surface area contributed by atoms with Gasteiger partial charge in [0.15, 0.2) is 5.82 Å². The van der Waals surface area contributed by atoms with Crippen molar-refractivity contribution in [3.8, 4) is 5.75 Å². The molecule has 5 rings (SSSR count). The first-order chi connectivity index (χ1) is 18.6. The number of rotatable bonds is 8. The molecule has 1 aliphatic heterocycles. The first-order valence-electron chi connectivity index (χ1n) is 13.6. The Morgan fingerprint density at radius 3 is 2.74 bits per heavy atom. The lowest BCUT2D eigenvalue weighted by molar-refractivity contribution is 0.0564. The number of fused-ring (bicyclic) bond motifs is 1. The van der Waals surface area contributed by atoms with Crippen LogP contribution in [0.2, 0.25) is 0 Å². The molecule has 9 nitrogen and oxygen atoms in total. The van der Waals surface area contributed by atoms with Crippen LogP contribution in [0.3, 0.4) is 0 Å². The van der Waals surface area contributed by atoms with Crippen LogP contribution in [0, 0.1) is 13.8 Å². The fraction of sp³-hybridized carbons (Fsp3) is 0.467. The summed E-state index contributed by atoms with van der Waals surface area (Å²) in [7, 11) is 1.67. The first-order valence-corrected chi connectivity index (χ1v) is 13.6. The number of hydrogen-bond acceptors (Lipinski definition) is 7. The Hall–Kier alpha value is -3.56. The molecule has 3 heterocycles. The van der Waals surface area contributed by atoms with Crippen LogP contribution in [0.1, 0.15) is 67.7 Å². The number of aromatic nitrogens is 5. The van der Waals surface area contributed by atoms with E-state index in [-0.39, 0.29) is 17.2 Å². The molecule has 0 radical (unpaired) electrons. The summed E-state index contributed by atoms with van der Waals surface area (Å²) in [6.45, 7) is 12.2. The van der Waals surface area contributed by atoms with E-state index in [0.717, 1.165) is 52.8 Å². The first kappa shape index (κ1) is 27.0. The average molecular weight is 531 g/mol. The minimum absolute atomic E-state index is 0.0566. The molecule has 0 bridgehead atoms. The Labute approximate surface area is 229 Å². The van der Waals surface area contributed by atoms with Gasteiger partial charge in [-0.15, -0.1) is 5.10 Å². The molecule has 0 spiro atoms. The van der Waals surface area contributed by atoms with Crippen LogP contribution in [-0.2, 0) is 16.8 Å². The molecule has 9 heteroatoms. The van der Waals surface area contributed by atoms with E-state index < -0.39 is 6.04 Å². The minimum Gasteiger partial charge on any atom is -0.497 e. The molecule has 206 valence electrons. The quantitative estimate of drug-likeness (QED) is 0.354. The van der Waals surface area contributed by atoms with Gasteiger partial charge in [-0.3, -0.25) is 9.69 Å². The number of H-pyrrole nitrogens is 1. The molecule has 2 aromatic carbocycles. The highest BCUT2D eigenvalue weighted by atomic mass is 16.5. The molecule has 1 fully saturated rings. The van der Waals surface area contributed by atoms with Gasteiger partial charge in [-0.05, 0) is 98.7 Å². The van der Waals surface area contributed by atoms with Crippen molar-refractivity contribution in [2.75, 3.05) is 20.3 Å². The van der Waals surface area contributed by atoms with Crippen LogP contribution in [0.25, 0.3) is 10.9 Å². The second-order valence-electron chi connectivity index (χ2n) is 11.5. The summed E-state index contributed by atoms with van der Waals surface area (Å²) in [4.78, 5) is 19.3. The molecule has 4 aromatic rings. The van der Waals surface area contributed by atoms with Gasteiger partial charge in [0.25, 0.3) is 5.56 Å².